The Labute approximate surface area is 104 Å². The van der Waals surface area contributed by atoms with E-state index in [1.807, 2.05) is 6.92 Å². The maximum absolute atomic E-state index is 11.7. The van der Waals surface area contributed by atoms with Crippen molar-refractivity contribution >= 4 is 5.91 Å². The Morgan fingerprint density at radius 1 is 1.41 bits per heavy atom. The minimum atomic E-state index is -0.134. The lowest BCUT2D eigenvalue weighted by Crippen LogP contribution is -2.68. The molecule has 0 unspecified atom stereocenters. The van der Waals surface area contributed by atoms with Gasteiger partial charge in [-0.2, -0.15) is 0 Å². The predicted octanol–water partition coefficient (Wildman–Crippen LogP) is 1.73. The van der Waals surface area contributed by atoms with Gasteiger partial charge in [-0.25, -0.2) is 0 Å². The Balaban J connectivity index is 2.37. The molecule has 0 bridgehead atoms. The summed E-state index contributed by atoms with van der Waals surface area (Å²) in [5, 5.41) is 3.06. The first kappa shape index (κ1) is 14.5. The minimum absolute atomic E-state index is 0.0248. The van der Waals surface area contributed by atoms with Gasteiger partial charge >= 0.3 is 0 Å². The monoisotopic (exact) mass is 243 g/mol. The van der Waals surface area contributed by atoms with Crippen molar-refractivity contribution in [2.24, 2.45) is 5.41 Å². The van der Waals surface area contributed by atoms with Crippen molar-refractivity contribution in [3.05, 3.63) is 0 Å². The summed E-state index contributed by atoms with van der Waals surface area (Å²) in [5.74, 6) is 0.0645. The number of hydrogen-bond donors (Lipinski definition) is 1. The largest absolute Gasteiger partial charge is 0.381 e. The van der Waals surface area contributed by atoms with Gasteiger partial charge in [0, 0.05) is 31.6 Å². The molecule has 17 heavy (non-hydrogen) atoms. The molecule has 1 fully saturated rings. The van der Waals surface area contributed by atoms with Crippen molar-refractivity contribution in [1.82, 2.24) is 5.32 Å². The molecule has 100 valence electrons. The summed E-state index contributed by atoms with van der Waals surface area (Å²) in [6.45, 7) is 9.44. The second-order valence-electron chi connectivity index (χ2n) is 5.43. The first-order valence-corrected chi connectivity index (χ1v) is 6.29. The molecule has 4 heteroatoms. The fourth-order valence-corrected chi connectivity index (χ4v) is 2.30. The summed E-state index contributed by atoms with van der Waals surface area (Å²) in [4.78, 5) is 11.7. The molecule has 1 N–H and O–H groups in total. The van der Waals surface area contributed by atoms with Crippen molar-refractivity contribution in [3.8, 4) is 0 Å². The maximum atomic E-state index is 11.7. The standard InChI is InChI=1S/C13H25NO3/c1-6-17-8-7-11(15)14-10-9-13(4,16-5)12(10,2)3/h10H,6-9H2,1-5H3,(H,14,15)/t10-,13+/m1/s1. The molecule has 0 spiro atoms. The van der Waals surface area contributed by atoms with Crippen LogP contribution in [0, 0.1) is 5.41 Å². The highest BCUT2D eigenvalue weighted by Gasteiger charge is 2.58. The van der Waals surface area contributed by atoms with Crippen molar-refractivity contribution in [3.63, 3.8) is 0 Å². The van der Waals surface area contributed by atoms with Crippen LogP contribution in [-0.2, 0) is 14.3 Å². The Kier molecular flexibility index (Phi) is 4.55. The van der Waals surface area contributed by atoms with Crippen LogP contribution in [0.1, 0.15) is 40.5 Å². The van der Waals surface area contributed by atoms with E-state index in [-0.39, 0.29) is 23.0 Å². The van der Waals surface area contributed by atoms with Gasteiger partial charge in [-0.3, -0.25) is 4.79 Å². The molecule has 0 aromatic rings. The van der Waals surface area contributed by atoms with E-state index in [4.69, 9.17) is 9.47 Å². The fraction of sp³-hybridized carbons (Fsp3) is 0.923. The molecule has 0 aromatic carbocycles. The Bertz CT molecular complexity index is 278. The van der Waals surface area contributed by atoms with Gasteiger partial charge in [-0.05, 0) is 20.3 Å². The number of hydrogen-bond acceptors (Lipinski definition) is 3. The highest BCUT2D eigenvalue weighted by molar-refractivity contribution is 5.76. The molecular formula is C13H25NO3. The van der Waals surface area contributed by atoms with Crippen LogP contribution >= 0.6 is 0 Å². The number of nitrogens with one attached hydrogen (secondary N) is 1. The zero-order valence-electron chi connectivity index (χ0n) is 11.6. The van der Waals surface area contributed by atoms with Crippen LogP contribution in [0.5, 0.6) is 0 Å². The van der Waals surface area contributed by atoms with E-state index >= 15 is 0 Å². The average molecular weight is 243 g/mol. The predicted molar refractivity (Wildman–Crippen MR) is 66.9 cm³/mol. The summed E-state index contributed by atoms with van der Waals surface area (Å²) in [5.41, 5.74) is -0.159. The molecule has 4 nitrogen and oxygen atoms in total. The van der Waals surface area contributed by atoms with Gasteiger partial charge in [0.2, 0.25) is 5.91 Å². The number of carbonyl (C=O) groups excluding carboxylic acids is 1. The van der Waals surface area contributed by atoms with Crippen LogP contribution in [-0.4, -0.2) is 37.9 Å². The number of methoxy groups -OCH3 is 1. The molecule has 2 atom stereocenters. The lowest BCUT2D eigenvalue weighted by molar-refractivity contribution is -0.182. The third kappa shape index (κ3) is 2.80. The molecule has 1 aliphatic carbocycles. The van der Waals surface area contributed by atoms with Crippen LogP contribution in [0.4, 0.5) is 0 Å². The summed E-state index contributed by atoms with van der Waals surface area (Å²) in [6.07, 6.45) is 1.31. The first-order chi connectivity index (χ1) is 7.87. The number of amides is 1. The molecule has 0 aromatic heterocycles. The topological polar surface area (TPSA) is 47.6 Å². The summed E-state index contributed by atoms with van der Waals surface area (Å²) < 4.78 is 10.7. The molecule has 0 saturated heterocycles. The van der Waals surface area contributed by atoms with Crippen molar-refractivity contribution in [2.45, 2.75) is 52.2 Å². The third-order valence-electron chi connectivity index (χ3n) is 4.29. The molecule has 1 aliphatic rings. The summed E-state index contributed by atoms with van der Waals surface area (Å²) in [6, 6.07) is 0.196. The molecule has 1 amide bonds. The molecule has 1 saturated carbocycles. The zero-order valence-corrected chi connectivity index (χ0v) is 11.6. The van der Waals surface area contributed by atoms with Gasteiger partial charge in [-0.1, -0.05) is 13.8 Å². The molecule has 0 heterocycles. The van der Waals surface area contributed by atoms with E-state index < -0.39 is 0 Å². The Morgan fingerprint density at radius 2 is 2.06 bits per heavy atom. The van der Waals surface area contributed by atoms with Crippen LogP contribution in [0.15, 0.2) is 0 Å². The minimum Gasteiger partial charge on any atom is -0.381 e. The van der Waals surface area contributed by atoms with Crippen LogP contribution in [0.3, 0.4) is 0 Å². The first-order valence-electron chi connectivity index (χ1n) is 6.29. The van der Waals surface area contributed by atoms with Gasteiger partial charge in [0.25, 0.3) is 0 Å². The van der Waals surface area contributed by atoms with E-state index in [0.29, 0.717) is 19.6 Å². The van der Waals surface area contributed by atoms with Gasteiger partial charge in [-0.15, -0.1) is 0 Å². The Morgan fingerprint density at radius 3 is 2.53 bits per heavy atom. The number of carbonyl (C=O) groups is 1. The van der Waals surface area contributed by atoms with Gasteiger partial charge in [0.05, 0.1) is 12.2 Å². The summed E-state index contributed by atoms with van der Waals surface area (Å²) >= 11 is 0. The zero-order chi connectivity index (χ0) is 13.1. The van der Waals surface area contributed by atoms with Crippen molar-refractivity contribution < 1.29 is 14.3 Å². The van der Waals surface area contributed by atoms with E-state index in [1.54, 1.807) is 7.11 Å². The van der Waals surface area contributed by atoms with E-state index in [9.17, 15) is 4.79 Å². The number of ether oxygens (including phenoxy) is 2. The highest BCUT2D eigenvalue weighted by atomic mass is 16.5. The van der Waals surface area contributed by atoms with E-state index in [1.165, 1.54) is 0 Å². The van der Waals surface area contributed by atoms with Gasteiger partial charge in [0.15, 0.2) is 0 Å². The van der Waals surface area contributed by atoms with E-state index in [2.05, 4.69) is 26.1 Å². The highest BCUT2D eigenvalue weighted by Crippen LogP contribution is 2.51. The van der Waals surface area contributed by atoms with Crippen LogP contribution in [0.2, 0.25) is 0 Å². The lowest BCUT2D eigenvalue weighted by Gasteiger charge is -2.59. The Hall–Kier alpha value is -0.610. The lowest BCUT2D eigenvalue weighted by atomic mass is 9.56. The molecular weight excluding hydrogens is 218 g/mol. The average Bonchev–Trinajstić information content (AvgIpc) is 2.28. The maximum Gasteiger partial charge on any atom is 0.222 e. The smallest absolute Gasteiger partial charge is 0.222 e. The van der Waals surface area contributed by atoms with Crippen LogP contribution in [0.25, 0.3) is 0 Å². The quantitative estimate of drug-likeness (QED) is 0.723. The van der Waals surface area contributed by atoms with Crippen molar-refractivity contribution in [2.75, 3.05) is 20.3 Å². The second kappa shape index (κ2) is 5.36. The van der Waals surface area contributed by atoms with Crippen molar-refractivity contribution in [1.29, 1.82) is 0 Å². The summed E-state index contributed by atoms with van der Waals surface area (Å²) in [7, 11) is 1.73. The molecule has 0 radical (unpaired) electrons. The van der Waals surface area contributed by atoms with Gasteiger partial charge < -0.3 is 14.8 Å². The second-order valence-corrected chi connectivity index (χ2v) is 5.43. The number of rotatable bonds is 6. The normalized spacial score (nSPS) is 30.8. The van der Waals surface area contributed by atoms with Gasteiger partial charge in [0.1, 0.15) is 0 Å². The molecule has 1 rings (SSSR count). The van der Waals surface area contributed by atoms with E-state index in [0.717, 1.165) is 6.42 Å². The third-order valence-corrected chi connectivity index (χ3v) is 4.29. The molecule has 0 aliphatic heterocycles. The SMILES string of the molecule is CCOCCC(=O)N[C@@H]1C[C@](C)(OC)C1(C)C. The fourth-order valence-electron chi connectivity index (χ4n) is 2.30. The van der Waals surface area contributed by atoms with Crippen LogP contribution < -0.4 is 5.32 Å².